The molecule has 0 saturated heterocycles. The maximum atomic E-state index is 13.2. The molecular weight excluding hydrogens is 377 g/mol. The maximum absolute atomic E-state index is 13.2. The summed E-state index contributed by atoms with van der Waals surface area (Å²) < 4.78 is 14.0. The number of benzene rings is 2. The maximum Gasteiger partial charge on any atom is 0.294 e. The molecule has 1 atom stereocenters. The normalized spacial score (nSPS) is 17.5. The zero-order valence-corrected chi connectivity index (χ0v) is 14.2. The molecule has 0 bridgehead atoms. The Morgan fingerprint density at radius 1 is 1.12 bits per heavy atom. The second-order valence-corrected chi connectivity index (χ2v) is 6.34. The van der Waals surface area contributed by atoms with Crippen LogP contribution in [-0.2, 0) is 9.59 Å². The summed E-state index contributed by atoms with van der Waals surface area (Å²) in [7, 11) is 0. The highest BCUT2D eigenvalue weighted by Crippen LogP contribution is 2.41. The van der Waals surface area contributed by atoms with Gasteiger partial charge in [-0.05, 0) is 48.9 Å². The van der Waals surface area contributed by atoms with Crippen LogP contribution in [0.25, 0.3) is 0 Å². The van der Waals surface area contributed by atoms with Gasteiger partial charge in [-0.3, -0.25) is 14.5 Å². The lowest BCUT2D eigenvalue weighted by Gasteiger charge is -2.26. The van der Waals surface area contributed by atoms with Crippen molar-refractivity contribution in [3.63, 3.8) is 0 Å². The Kier molecular flexibility index (Phi) is 4.24. The third-order valence-corrected chi connectivity index (χ3v) is 4.41. The molecule has 6 heteroatoms. The van der Waals surface area contributed by atoms with Gasteiger partial charge in [-0.2, -0.15) is 0 Å². The summed E-state index contributed by atoms with van der Waals surface area (Å²) in [5, 5.41) is 10.2. The van der Waals surface area contributed by atoms with Gasteiger partial charge in [0.1, 0.15) is 5.82 Å². The Hall–Kier alpha value is -2.47. The van der Waals surface area contributed by atoms with Crippen LogP contribution >= 0.6 is 15.9 Å². The van der Waals surface area contributed by atoms with Crippen LogP contribution in [0.15, 0.2) is 64.3 Å². The van der Waals surface area contributed by atoms with E-state index < -0.39 is 29.3 Å². The molecule has 1 amide bonds. The number of amides is 1. The molecule has 1 heterocycles. The van der Waals surface area contributed by atoms with E-state index in [1.165, 1.54) is 36.1 Å². The Balaban J connectivity index is 2.16. The van der Waals surface area contributed by atoms with Gasteiger partial charge in [-0.25, -0.2) is 4.39 Å². The molecule has 0 fully saturated rings. The molecular formula is C18H13BrFNO3. The first kappa shape index (κ1) is 16.4. The molecule has 122 valence electrons. The number of aliphatic hydroxyl groups excluding tert-OH is 1. The van der Waals surface area contributed by atoms with Gasteiger partial charge in [-0.1, -0.05) is 28.1 Å². The van der Waals surface area contributed by atoms with Gasteiger partial charge < -0.3 is 5.11 Å². The van der Waals surface area contributed by atoms with Crippen LogP contribution in [0.4, 0.5) is 10.1 Å². The summed E-state index contributed by atoms with van der Waals surface area (Å²) in [6.07, 6.45) is 0. The molecule has 3 rings (SSSR count). The molecule has 4 nitrogen and oxygen atoms in total. The molecule has 0 aromatic heterocycles. The van der Waals surface area contributed by atoms with Crippen molar-refractivity contribution < 1.29 is 19.1 Å². The van der Waals surface area contributed by atoms with Crippen LogP contribution in [-0.4, -0.2) is 16.8 Å². The third-order valence-electron chi connectivity index (χ3n) is 3.88. The van der Waals surface area contributed by atoms with Crippen LogP contribution in [0.3, 0.4) is 0 Å². The fourth-order valence-corrected chi connectivity index (χ4v) is 3.06. The average molecular weight is 390 g/mol. The number of aliphatic hydroxyl groups is 1. The van der Waals surface area contributed by atoms with E-state index in [-0.39, 0.29) is 5.57 Å². The van der Waals surface area contributed by atoms with Crippen molar-refractivity contribution in [1.82, 2.24) is 0 Å². The van der Waals surface area contributed by atoms with Gasteiger partial charge in [0.15, 0.2) is 11.5 Å². The van der Waals surface area contributed by atoms with Crippen LogP contribution in [0.1, 0.15) is 18.5 Å². The molecule has 1 unspecified atom stereocenters. The fraction of sp³-hybridized carbons (Fsp3) is 0.111. The van der Waals surface area contributed by atoms with E-state index in [1.807, 2.05) is 0 Å². The highest BCUT2D eigenvalue weighted by molar-refractivity contribution is 9.10. The molecule has 0 radical (unpaired) electrons. The molecule has 0 spiro atoms. The van der Waals surface area contributed by atoms with E-state index in [2.05, 4.69) is 15.9 Å². The summed E-state index contributed by atoms with van der Waals surface area (Å²) >= 11 is 3.34. The van der Waals surface area contributed by atoms with Crippen molar-refractivity contribution in [2.45, 2.75) is 13.0 Å². The number of carbonyl (C=O) groups excluding carboxylic acids is 2. The van der Waals surface area contributed by atoms with E-state index >= 15 is 0 Å². The van der Waals surface area contributed by atoms with Crippen molar-refractivity contribution in [2.24, 2.45) is 0 Å². The van der Waals surface area contributed by atoms with Crippen LogP contribution < -0.4 is 4.90 Å². The summed E-state index contributed by atoms with van der Waals surface area (Å²) in [5.41, 5.74) is 1.11. The van der Waals surface area contributed by atoms with Crippen molar-refractivity contribution >= 4 is 33.3 Å². The number of Topliss-reactive ketones (excluding diaryl/α,β-unsaturated/α-hetero) is 1. The molecule has 2 aromatic carbocycles. The van der Waals surface area contributed by atoms with Gasteiger partial charge in [0.25, 0.3) is 5.91 Å². The van der Waals surface area contributed by atoms with Crippen LogP contribution in [0.2, 0.25) is 0 Å². The molecule has 1 aliphatic rings. The zero-order chi connectivity index (χ0) is 17.4. The molecule has 2 aromatic rings. The quantitative estimate of drug-likeness (QED) is 0.860. The third kappa shape index (κ3) is 2.73. The lowest BCUT2D eigenvalue weighted by molar-refractivity contribution is -0.117. The second kappa shape index (κ2) is 6.20. The first-order valence-electron chi connectivity index (χ1n) is 7.19. The molecule has 0 aliphatic carbocycles. The first-order valence-corrected chi connectivity index (χ1v) is 7.98. The first-order chi connectivity index (χ1) is 11.4. The fourth-order valence-electron chi connectivity index (χ4n) is 2.79. The number of nitrogens with zero attached hydrogens (tertiary/aromatic N) is 1. The lowest BCUT2D eigenvalue weighted by Crippen LogP contribution is -2.30. The predicted octanol–water partition coefficient (Wildman–Crippen LogP) is 4.08. The Labute approximate surface area is 146 Å². The molecule has 1 aliphatic heterocycles. The van der Waals surface area contributed by atoms with E-state index in [1.54, 1.807) is 24.3 Å². The largest absolute Gasteiger partial charge is 0.503 e. The predicted molar refractivity (Wildman–Crippen MR) is 91.1 cm³/mol. The van der Waals surface area contributed by atoms with Crippen molar-refractivity contribution in [1.29, 1.82) is 0 Å². The van der Waals surface area contributed by atoms with Gasteiger partial charge in [0.2, 0.25) is 0 Å². The minimum Gasteiger partial charge on any atom is -0.503 e. The van der Waals surface area contributed by atoms with E-state index in [0.717, 1.165) is 4.47 Å². The Morgan fingerprint density at radius 2 is 1.71 bits per heavy atom. The highest BCUT2D eigenvalue weighted by atomic mass is 79.9. The number of hydrogen-bond donors (Lipinski definition) is 1. The van der Waals surface area contributed by atoms with Crippen molar-refractivity contribution in [3.05, 3.63) is 75.7 Å². The molecule has 1 N–H and O–H groups in total. The summed E-state index contributed by atoms with van der Waals surface area (Å²) in [4.78, 5) is 25.8. The lowest BCUT2D eigenvalue weighted by atomic mass is 9.96. The topological polar surface area (TPSA) is 57.6 Å². The van der Waals surface area contributed by atoms with E-state index in [4.69, 9.17) is 0 Å². The Bertz CT molecular complexity index is 844. The monoisotopic (exact) mass is 389 g/mol. The number of rotatable bonds is 3. The Morgan fingerprint density at radius 3 is 2.25 bits per heavy atom. The number of halogens is 2. The SMILES string of the molecule is CC(=O)C1=C(O)C(=O)N(c2ccc(F)cc2)C1c1ccc(Br)cc1. The summed E-state index contributed by atoms with van der Waals surface area (Å²) in [6.45, 7) is 1.30. The van der Waals surface area contributed by atoms with Crippen molar-refractivity contribution in [2.75, 3.05) is 4.90 Å². The van der Waals surface area contributed by atoms with Crippen molar-refractivity contribution in [3.8, 4) is 0 Å². The average Bonchev–Trinajstić information content (AvgIpc) is 2.81. The van der Waals surface area contributed by atoms with Gasteiger partial charge in [0.05, 0.1) is 11.6 Å². The zero-order valence-electron chi connectivity index (χ0n) is 12.7. The number of ketones is 1. The number of carbonyl (C=O) groups is 2. The van der Waals surface area contributed by atoms with Gasteiger partial charge in [-0.15, -0.1) is 0 Å². The van der Waals surface area contributed by atoms with Gasteiger partial charge in [0, 0.05) is 10.2 Å². The van der Waals surface area contributed by atoms with Crippen LogP contribution in [0.5, 0.6) is 0 Å². The standard InChI is InChI=1S/C18H13BrFNO3/c1-10(22)15-16(11-2-4-12(19)5-3-11)21(18(24)17(15)23)14-8-6-13(20)7-9-14/h2-9,16,23H,1H3. The minimum atomic E-state index is -0.756. The van der Waals surface area contributed by atoms with E-state index in [9.17, 15) is 19.1 Å². The summed E-state index contributed by atoms with van der Waals surface area (Å²) in [5.74, 6) is -2.08. The minimum absolute atomic E-state index is 0.0339. The van der Waals surface area contributed by atoms with Gasteiger partial charge >= 0.3 is 0 Å². The van der Waals surface area contributed by atoms with Crippen LogP contribution in [0, 0.1) is 5.82 Å². The molecule has 24 heavy (non-hydrogen) atoms. The number of anilines is 1. The summed E-state index contributed by atoms with van der Waals surface area (Å²) in [6, 6.07) is 11.7. The molecule has 0 saturated carbocycles. The van der Waals surface area contributed by atoms with E-state index in [0.29, 0.717) is 11.3 Å². The second-order valence-electron chi connectivity index (χ2n) is 5.42. The smallest absolute Gasteiger partial charge is 0.294 e. The number of hydrogen-bond acceptors (Lipinski definition) is 3. The highest BCUT2D eigenvalue weighted by Gasteiger charge is 2.43.